The van der Waals surface area contributed by atoms with Gasteiger partial charge in [0.2, 0.25) is 5.91 Å². The Labute approximate surface area is 188 Å². The van der Waals surface area contributed by atoms with Crippen molar-refractivity contribution in [2.24, 2.45) is 29.6 Å². The van der Waals surface area contributed by atoms with Gasteiger partial charge in [0.15, 0.2) is 0 Å². The average Bonchev–Trinajstić information content (AvgIpc) is 3.30. The van der Waals surface area contributed by atoms with Crippen LogP contribution in [-0.4, -0.2) is 67.3 Å². The first-order chi connectivity index (χ1) is 15.2. The Balaban J connectivity index is 1.47. The monoisotopic (exact) mass is 461 g/mol. The summed E-state index contributed by atoms with van der Waals surface area (Å²) in [6.45, 7) is 5.71. The highest BCUT2D eigenvalue weighted by atomic mass is 19.4. The zero-order chi connectivity index (χ0) is 23.0. The number of hydrogen-bond acceptors (Lipinski definition) is 6. The van der Waals surface area contributed by atoms with Crippen LogP contribution in [0.2, 0.25) is 0 Å². The molecule has 3 heterocycles. The molecule has 1 aliphatic carbocycles. The molecular formula is C22H38F3N5O2. The van der Waals surface area contributed by atoms with Crippen LogP contribution in [0.1, 0.15) is 52.4 Å². The van der Waals surface area contributed by atoms with E-state index in [1.54, 1.807) is 4.90 Å². The molecule has 0 aromatic heterocycles. The first-order valence-corrected chi connectivity index (χ1v) is 12.1. The van der Waals surface area contributed by atoms with Crippen molar-refractivity contribution in [3.8, 4) is 0 Å². The first-order valence-electron chi connectivity index (χ1n) is 12.1. The second-order valence-corrected chi connectivity index (χ2v) is 10.2. The van der Waals surface area contributed by atoms with Crippen LogP contribution < -0.4 is 16.2 Å². The summed E-state index contributed by atoms with van der Waals surface area (Å²) in [6.07, 6.45) is -0.728. The molecule has 7 unspecified atom stereocenters. The number of ether oxygens (including phenoxy) is 1. The van der Waals surface area contributed by atoms with Gasteiger partial charge >= 0.3 is 6.18 Å². The van der Waals surface area contributed by atoms with Gasteiger partial charge in [0.1, 0.15) is 6.23 Å². The number of halogens is 3. The molecule has 0 spiro atoms. The van der Waals surface area contributed by atoms with Gasteiger partial charge in [-0.3, -0.25) is 15.0 Å². The second-order valence-electron chi connectivity index (χ2n) is 10.2. The molecule has 8 atom stereocenters. The van der Waals surface area contributed by atoms with Crippen molar-refractivity contribution in [3.05, 3.63) is 0 Å². The van der Waals surface area contributed by atoms with Gasteiger partial charge in [0, 0.05) is 19.1 Å². The molecular weight excluding hydrogens is 423 g/mol. The zero-order valence-electron chi connectivity index (χ0n) is 19.3. The maximum absolute atomic E-state index is 13.7. The molecule has 10 heteroatoms. The number of rotatable bonds is 6. The number of carbonyl (C=O) groups excluding carboxylic acids is 1. The Morgan fingerprint density at radius 3 is 2.69 bits per heavy atom. The molecule has 0 bridgehead atoms. The molecule has 7 nitrogen and oxygen atoms in total. The Kier molecular flexibility index (Phi) is 7.36. The van der Waals surface area contributed by atoms with Crippen LogP contribution >= 0.6 is 0 Å². The van der Waals surface area contributed by atoms with Crippen molar-refractivity contribution < 1.29 is 22.7 Å². The topological polar surface area (TPSA) is 68.9 Å². The summed E-state index contributed by atoms with van der Waals surface area (Å²) in [5.74, 6) is -1.89. The van der Waals surface area contributed by atoms with Gasteiger partial charge in [-0.1, -0.05) is 13.3 Å². The zero-order valence-corrected chi connectivity index (χ0v) is 19.3. The van der Waals surface area contributed by atoms with E-state index in [2.05, 4.69) is 35.0 Å². The van der Waals surface area contributed by atoms with Gasteiger partial charge in [-0.25, -0.2) is 10.9 Å². The lowest BCUT2D eigenvalue weighted by Gasteiger charge is -2.43. The fourth-order valence-corrected chi connectivity index (χ4v) is 6.34. The lowest BCUT2D eigenvalue weighted by atomic mass is 9.73. The third-order valence-corrected chi connectivity index (χ3v) is 8.19. The molecule has 3 saturated heterocycles. The van der Waals surface area contributed by atoms with E-state index in [0.29, 0.717) is 31.3 Å². The van der Waals surface area contributed by atoms with Gasteiger partial charge in [0.25, 0.3) is 0 Å². The predicted molar refractivity (Wildman–Crippen MR) is 114 cm³/mol. The van der Waals surface area contributed by atoms with E-state index in [4.69, 9.17) is 4.74 Å². The molecule has 0 aromatic rings. The van der Waals surface area contributed by atoms with E-state index in [1.165, 1.54) is 0 Å². The number of amides is 1. The van der Waals surface area contributed by atoms with Crippen molar-refractivity contribution in [1.82, 2.24) is 26.0 Å². The van der Waals surface area contributed by atoms with Crippen molar-refractivity contribution in [2.75, 3.05) is 26.9 Å². The van der Waals surface area contributed by atoms with Gasteiger partial charge < -0.3 is 9.64 Å². The van der Waals surface area contributed by atoms with Crippen molar-refractivity contribution >= 4 is 5.91 Å². The molecule has 4 fully saturated rings. The first kappa shape index (κ1) is 24.2. The number of fused-ring (bicyclic) bond motifs is 1. The molecule has 4 rings (SSSR count). The maximum atomic E-state index is 13.7. The van der Waals surface area contributed by atoms with Crippen LogP contribution in [0.4, 0.5) is 13.2 Å². The minimum absolute atomic E-state index is 0.105. The van der Waals surface area contributed by atoms with E-state index < -0.39 is 23.9 Å². The van der Waals surface area contributed by atoms with E-state index >= 15 is 0 Å². The number of piperidine rings is 1. The quantitative estimate of drug-likeness (QED) is 0.565. The Hall–Kier alpha value is -0.940. The minimum atomic E-state index is -4.24. The highest BCUT2D eigenvalue weighted by Crippen LogP contribution is 2.48. The number of carbonyl (C=O) groups is 1. The molecule has 0 aromatic carbocycles. The highest BCUT2D eigenvalue weighted by Gasteiger charge is 2.56. The Bertz CT molecular complexity index is 666. The van der Waals surface area contributed by atoms with Crippen LogP contribution in [0.25, 0.3) is 0 Å². The molecule has 3 N–H and O–H groups in total. The van der Waals surface area contributed by atoms with E-state index in [-0.39, 0.29) is 37.4 Å². The molecule has 1 saturated carbocycles. The second kappa shape index (κ2) is 9.74. The standard InChI is InChI=1S/C22H38F3N5O2/c1-4-32-20-10-14(13(2)8-19-28-26-12-29(19)3)9-18(27-20)30-11-16-15(21(30)31)6-5-7-17(16)22(23,24)25/h13-20,26-28H,4-12H2,1-3H3/t13-,14?,15?,16?,17?,18?,19?,20?/m1/s1. The number of nitrogens with one attached hydrogen (secondary N) is 3. The van der Waals surface area contributed by atoms with Crippen molar-refractivity contribution in [2.45, 2.75) is 77.1 Å². The summed E-state index contributed by atoms with van der Waals surface area (Å²) in [4.78, 5) is 17.2. The van der Waals surface area contributed by atoms with E-state index in [1.807, 2.05) is 6.92 Å². The minimum Gasteiger partial charge on any atom is -0.364 e. The molecule has 0 radical (unpaired) electrons. The summed E-state index contributed by atoms with van der Waals surface area (Å²) in [5.41, 5.74) is 6.45. The fourth-order valence-electron chi connectivity index (χ4n) is 6.34. The number of hydrazine groups is 1. The van der Waals surface area contributed by atoms with Crippen LogP contribution in [0.3, 0.4) is 0 Å². The molecule has 184 valence electrons. The summed E-state index contributed by atoms with van der Waals surface area (Å²) < 4.78 is 46.9. The van der Waals surface area contributed by atoms with Crippen LogP contribution in [-0.2, 0) is 9.53 Å². The molecule has 4 aliphatic rings. The smallest absolute Gasteiger partial charge is 0.364 e. The van der Waals surface area contributed by atoms with Crippen molar-refractivity contribution in [1.29, 1.82) is 0 Å². The Morgan fingerprint density at radius 1 is 1.25 bits per heavy atom. The summed E-state index contributed by atoms with van der Waals surface area (Å²) in [5, 5.41) is 3.44. The third-order valence-electron chi connectivity index (χ3n) is 8.19. The summed E-state index contributed by atoms with van der Waals surface area (Å²) >= 11 is 0. The molecule has 32 heavy (non-hydrogen) atoms. The normalized spacial score (nSPS) is 40.0. The van der Waals surface area contributed by atoms with E-state index in [0.717, 1.165) is 25.9 Å². The number of alkyl halides is 3. The predicted octanol–water partition coefficient (Wildman–Crippen LogP) is 2.46. The number of nitrogens with zero attached hydrogens (tertiary/aromatic N) is 2. The summed E-state index contributed by atoms with van der Waals surface area (Å²) in [7, 11) is 2.07. The number of likely N-dealkylation sites (tertiary alicyclic amines) is 1. The van der Waals surface area contributed by atoms with Gasteiger partial charge in [-0.15, -0.1) is 0 Å². The average molecular weight is 462 g/mol. The number of hydrogen-bond donors (Lipinski definition) is 3. The van der Waals surface area contributed by atoms with Gasteiger partial charge in [0.05, 0.1) is 24.9 Å². The van der Waals surface area contributed by atoms with Gasteiger partial charge in [-0.05, 0) is 63.8 Å². The van der Waals surface area contributed by atoms with Crippen LogP contribution in [0.15, 0.2) is 0 Å². The third kappa shape index (κ3) is 4.94. The van der Waals surface area contributed by atoms with Crippen LogP contribution in [0, 0.1) is 29.6 Å². The van der Waals surface area contributed by atoms with Gasteiger partial charge in [-0.2, -0.15) is 13.2 Å². The molecule has 3 aliphatic heterocycles. The van der Waals surface area contributed by atoms with Crippen LogP contribution in [0.5, 0.6) is 0 Å². The van der Waals surface area contributed by atoms with Crippen molar-refractivity contribution in [3.63, 3.8) is 0 Å². The lowest BCUT2D eigenvalue weighted by Crippen LogP contribution is -2.57. The Morgan fingerprint density at radius 2 is 2.03 bits per heavy atom. The fraction of sp³-hybridized carbons (Fsp3) is 0.955. The SMILES string of the molecule is CCOC1CC([C@H](C)CC2NNCN2C)CC(N2CC3C(CCCC3C(F)(F)F)C2=O)N1. The largest absolute Gasteiger partial charge is 0.392 e. The lowest BCUT2D eigenvalue weighted by molar-refractivity contribution is -0.198. The maximum Gasteiger partial charge on any atom is 0.392 e. The molecule has 1 amide bonds. The van der Waals surface area contributed by atoms with E-state index in [9.17, 15) is 18.0 Å². The summed E-state index contributed by atoms with van der Waals surface area (Å²) in [6, 6.07) is 0. The highest BCUT2D eigenvalue weighted by molar-refractivity contribution is 5.82.